The van der Waals surface area contributed by atoms with Crippen LogP contribution in [0, 0.1) is 5.92 Å². The van der Waals surface area contributed by atoms with Gasteiger partial charge in [0.1, 0.15) is 5.52 Å². The molecule has 1 fully saturated rings. The number of piperidine rings is 1. The zero-order valence-electron chi connectivity index (χ0n) is 21.5. The summed E-state index contributed by atoms with van der Waals surface area (Å²) in [6.45, 7) is 5.95. The van der Waals surface area contributed by atoms with E-state index in [1.807, 2.05) is 49.1 Å². The predicted molar refractivity (Wildman–Crippen MR) is 152 cm³/mol. The molecular weight excluding hydrogens is 566 g/mol. The molecule has 0 radical (unpaired) electrons. The van der Waals surface area contributed by atoms with Crippen molar-refractivity contribution >= 4 is 61.6 Å². The van der Waals surface area contributed by atoms with Crippen molar-refractivity contribution in [2.24, 2.45) is 5.92 Å². The fourth-order valence-electron chi connectivity index (χ4n) is 4.91. The number of amides is 1. The highest BCUT2D eigenvalue weighted by molar-refractivity contribution is 9.10. The van der Waals surface area contributed by atoms with Gasteiger partial charge in [-0.05, 0) is 49.9 Å². The van der Waals surface area contributed by atoms with E-state index in [4.69, 9.17) is 9.72 Å². The van der Waals surface area contributed by atoms with Gasteiger partial charge in [0.05, 0.1) is 23.3 Å². The van der Waals surface area contributed by atoms with E-state index < -0.39 is 0 Å². The smallest absolute Gasteiger partial charge is 0.309 e. The molecule has 1 amide bonds. The number of hydrogen-bond donors (Lipinski definition) is 0. The average Bonchev–Trinajstić information content (AvgIpc) is 3.25. The highest BCUT2D eigenvalue weighted by Gasteiger charge is 2.32. The second kappa shape index (κ2) is 11.8. The van der Waals surface area contributed by atoms with E-state index in [1.54, 1.807) is 0 Å². The van der Waals surface area contributed by atoms with Crippen molar-refractivity contribution in [3.8, 4) is 0 Å². The van der Waals surface area contributed by atoms with Gasteiger partial charge in [-0.25, -0.2) is 4.98 Å². The predicted octanol–water partition coefficient (Wildman–Crippen LogP) is 5.46. The van der Waals surface area contributed by atoms with Crippen molar-refractivity contribution in [2.45, 2.75) is 50.1 Å². The van der Waals surface area contributed by atoms with Gasteiger partial charge >= 0.3 is 5.97 Å². The zero-order valence-corrected chi connectivity index (χ0v) is 23.9. The zero-order chi connectivity index (χ0) is 26.6. The Bertz CT molecular complexity index is 1450. The lowest BCUT2D eigenvalue weighted by molar-refractivity contribution is -0.151. The number of carbonyl (C=O) groups is 2. The van der Waals surface area contributed by atoms with E-state index in [0.29, 0.717) is 50.7 Å². The molecule has 0 spiro atoms. The molecule has 0 saturated carbocycles. The molecule has 1 aliphatic heterocycles. The molecule has 2 aromatic carbocycles. The lowest BCUT2D eigenvalue weighted by Crippen LogP contribution is -2.44. The third kappa shape index (κ3) is 5.56. The number of ether oxygens (including phenoxy) is 1. The van der Waals surface area contributed by atoms with Crippen LogP contribution in [0.3, 0.4) is 0 Å². The Morgan fingerprint density at radius 3 is 2.53 bits per heavy atom. The molecule has 2 aromatic heterocycles. The summed E-state index contributed by atoms with van der Waals surface area (Å²) in [5.74, 6) is -0.236. The molecule has 10 heteroatoms. The fourth-order valence-corrected chi connectivity index (χ4v) is 6.07. The molecule has 3 heterocycles. The molecule has 198 valence electrons. The molecule has 1 aliphatic rings. The number of esters is 1. The van der Waals surface area contributed by atoms with Gasteiger partial charge in [0.25, 0.3) is 0 Å². The van der Waals surface area contributed by atoms with Crippen LogP contribution in [-0.4, -0.2) is 61.5 Å². The number of halogens is 1. The SMILES string of the molecule is CCOC(=O)C1CCN(C(=O)C(CC)Sc2nnc3c4ccccc4n(Cc4ccc(Br)cc4)c3n2)CC1. The number of hydrogen-bond acceptors (Lipinski definition) is 7. The number of thioether (sulfide) groups is 1. The number of aromatic nitrogens is 4. The minimum Gasteiger partial charge on any atom is -0.466 e. The molecule has 0 aliphatic carbocycles. The summed E-state index contributed by atoms with van der Waals surface area (Å²) >= 11 is 4.87. The molecule has 1 saturated heterocycles. The molecule has 0 bridgehead atoms. The Hall–Kier alpha value is -2.98. The molecule has 0 N–H and O–H groups in total. The molecule has 5 rings (SSSR count). The molecular formula is C28H30BrN5O3S. The second-order valence-corrected chi connectivity index (χ2v) is 11.4. The van der Waals surface area contributed by atoms with Gasteiger partial charge in [0, 0.05) is 29.5 Å². The number of carbonyl (C=O) groups excluding carboxylic acids is 2. The Morgan fingerprint density at radius 2 is 1.82 bits per heavy atom. The van der Waals surface area contributed by atoms with Crippen molar-refractivity contribution in [1.29, 1.82) is 0 Å². The van der Waals surface area contributed by atoms with Gasteiger partial charge in [0.2, 0.25) is 11.1 Å². The summed E-state index contributed by atoms with van der Waals surface area (Å²) in [6, 6.07) is 16.4. The van der Waals surface area contributed by atoms with Crippen LogP contribution in [0.4, 0.5) is 0 Å². The van der Waals surface area contributed by atoms with Gasteiger partial charge in [0.15, 0.2) is 5.65 Å². The summed E-state index contributed by atoms with van der Waals surface area (Å²) in [5, 5.41) is 10.1. The van der Waals surface area contributed by atoms with E-state index in [-0.39, 0.29) is 23.0 Å². The number of nitrogens with zero attached hydrogens (tertiary/aromatic N) is 5. The van der Waals surface area contributed by atoms with E-state index >= 15 is 0 Å². The number of likely N-dealkylation sites (tertiary alicyclic amines) is 1. The lowest BCUT2D eigenvalue weighted by atomic mass is 9.96. The van der Waals surface area contributed by atoms with Crippen LogP contribution in [0.15, 0.2) is 58.2 Å². The van der Waals surface area contributed by atoms with Crippen molar-refractivity contribution < 1.29 is 14.3 Å². The topological polar surface area (TPSA) is 90.2 Å². The van der Waals surface area contributed by atoms with Gasteiger partial charge in [-0.2, -0.15) is 0 Å². The largest absolute Gasteiger partial charge is 0.466 e. The number of benzene rings is 2. The van der Waals surface area contributed by atoms with Crippen molar-refractivity contribution in [3.63, 3.8) is 0 Å². The summed E-state index contributed by atoms with van der Waals surface area (Å²) in [7, 11) is 0. The van der Waals surface area contributed by atoms with Crippen molar-refractivity contribution in [1.82, 2.24) is 24.6 Å². The van der Waals surface area contributed by atoms with E-state index in [0.717, 1.165) is 32.1 Å². The first kappa shape index (κ1) is 26.6. The minimum atomic E-state index is -0.322. The van der Waals surface area contributed by atoms with Gasteiger partial charge in [-0.1, -0.05) is 64.9 Å². The van der Waals surface area contributed by atoms with E-state index in [9.17, 15) is 9.59 Å². The molecule has 1 unspecified atom stereocenters. The maximum Gasteiger partial charge on any atom is 0.309 e. The number of para-hydroxylation sites is 1. The van der Waals surface area contributed by atoms with Crippen LogP contribution in [0.25, 0.3) is 22.1 Å². The second-order valence-electron chi connectivity index (χ2n) is 9.36. The first-order chi connectivity index (χ1) is 18.5. The quantitative estimate of drug-likeness (QED) is 0.197. The number of rotatable bonds is 8. The Kier molecular flexibility index (Phi) is 8.28. The Labute approximate surface area is 234 Å². The van der Waals surface area contributed by atoms with Gasteiger partial charge in [-0.3, -0.25) is 9.59 Å². The third-order valence-electron chi connectivity index (χ3n) is 6.93. The standard InChI is InChI=1S/C28H30BrN5O3S/c1-3-23(26(35)33-15-13-19(14-16-33)27(36)37-4-2)38-28-30-25-24(31-32-28)21-7-5-6-8-22(21)34(25)17-18-9-11-20(29)12-10-18/h5-12,19,23H,3-4,13-17H2,1-2H3. The van der Waals surface area contributed by atoms with Gasteiger partial charge < -0.3 is 14.2 Å². The average molecular weight is 597 g/mol. The van der Waals surface area contributed by atoms with E-state index in [1.165, 1.54) is 11.8 Å². The van der Waals surface area contributed by atoms with Crippen LogP contribution in [0.1, 0.15) is 38.7 Å². The number of fused-ring (bicyclic) bond motifs is 3. The van der Waals surface area contributed by atoms with Crippen molar-refractivity contribution in [3.05, 3.63) is 58.6 Å². The highest BCUT2D eigenvalue weighted by atomic mass is 79.9. The van der Waals surface area contributed by atoms with Gasteiger partial charge in [-0.15, -0.1) is 10.2 Å². The minimum absolute atomic E-state index is 0.0545. The van der Waals surface area contributed by atoms with Crippen molar-refractivity contribution in [2.75, 3.05) is 19.7 Å². The maximum absolute atomic E-state index is 13.4. The third-order valence-corrected chi connectivity index (χ3v) is 8.66. The summed E-state index contributed by atoms with van der Waals surface area (Å²) in [6.07, 6.45) is 1.91. The molecule has 38 heavy (non-hydrogen) atoms. The fraction of sp³-hybridized carbons (Fsp3) is 0.393. The molecule has 8 nitrogen and oxygen atoms in total. The first-order valence-electron chi connectivity index (χ1n) is 13.0. The summed E-state index contributed by atoms with van der Waals surface area (Å²) in [5.41, 5.74) is 3.70. The van der Waals surface area contributed by atoms with Crippen LogP contribution in [0.5, 0.6) is 0 Å². The van der Waals surface area contributed by atoms with Crippen LogP contribution in [0.2, 0.25) is 0 Å². The maximum atomic E-state index is 13.4. The normalized spacial score (nSPS) is 15.2. The van der Waals surface area contributed by atoms with E-state index in [2.05, 4.69) is 48.9 Å². The lowest BCUT2D eigenvalue weighted by Gasteiger charge is -2.32. The Morgan fingerprint density at radius 1 is 1.08 bits per heavy atom. The van der Waals surface area contributed by atoms with Crippen LogP contribution >= 0.6 is 27.7 Å². The van der Waals surface area contributed by atoms with Crippen LogP contribution in [-0.2, 0) is 20.9 Å². The van der Waals surface area contributed by atoms with Crippen LogP contribution < -0.4 is 0 Å². The highest BCUT2D eigenvalue weighted by Crippen LogP contribution is 2.31. The molecule has 4 aromatic rings. The summed E-state index contributed by atoms with van der Waals surface area (Å²) in [4.78, 5) is 32.2. The summed E-state index contributed by atoms with van der Waals surface area (Å²) < 4.78 is 8.36. The molecule has 1 atom stereocenters. The Balaban J connectivity index is 1.37. The monoisotopic (exact) mass is 595 g/mol. The first-order valence-corrected chi connectivity index (χ1v) is 14.6.